The molecule has 1 fully saturated rings. The van der Waals surface area contributed by atoms with Crippen LogP contribution in [0.3, 0.4) is 0 Å². The van der Waals surface area contributed by atoms with Gasteiger partial charge in [-0.25, -0.2) is 8.78 Å². The minimum atomic E-state index is -0.761. The number of halogens is 2. The summed E-state index contributed by atoms with van der Waals surface area (Å²) >= 11 is 0. The third kappa shape index (κ3) is 4.24. The molecule has 1 aromatic rings. The van der Waals surface area contributed by atoms with Crippen molar-refractivity contribution in [1.29, 1.82) is 0 Å². The highest BCUT2D eigenvalue weighted by atomic mass is 19.1. The molecule has 3 atom stereocenters. The minimum absolute atomic E-state index is 0.0690. The molecule has 1 aliphatic rings. The summed E-state index contributed by atoms with van der Waals surface area (Å²) in [6, 6.07) is 3.81. The molecule has 0 heterocycles. The van der Waals surface area contributed by atoms with Crippen LogP contribution in [0.4, 0.5) is 14.5 Å². The zero-order valence-corrected chi connectivity index (χ0v) is 12.5. The van der Waals surface area contributed by atoms with Crippen molar-refractivity contribution >= 4 is 11.6 Å². The van der Waals surface area contributed by atoms with E-state index in [2.05, 4.69) is 24.5 Å². The van der Waals surface area contributed by atoms with Gasteiger partial charge >= 0.3 is 0 Å². The second-order valence-electron chi connectivity index (χ2n) is 5.99. The fourth-order valence-electron chi connectivity index (χ4n) is 2.77. The Morgan fingerprint density at radius 3 is 2.48 bits per heavy atom. The predicted octanol–water partition coefficient (Wildman–Crippen LogP) is 3.32. The van der Waals surface area contributed by atoms with E-state index in [1.54, 1.807) is 0 Å². The van der Waals surface area contributed by atoms with Gasteiger partial charge in [-0.05, 0) is 43.2 Å². The third-order valence-corrected chi connectivity index (χ3v) is 4.38. The minimum Gasteiger partial charge on any atom is -0.320 e. The lowest BCUT2D eigenvalue weighted by atomic mass is 9.79. The normalized spacial score (nSPS) is 25.6. The number of hydrogen-bond donors (Lipinski definition) is 2. The van der Waals surface area contributed by atoms with E-state index in [-0.39, 0.29) is 12.2 Å². The fourth-order valence-corrected chi connectivity index (χ4v) is 2.77. The number of rotatable bonds is 4. The summed E-state index contributed by atoms with van der Waals surface area (Å²) in [5.74, 6) is -0.607. The first-order valence-electron chi connectivity index (χ1n) is 7.44. The largest absolute Gasteiger partial charge is 0.320 e. The highest BCUT2D eigenvalue weighted by molar-refractivity contribution is 5.92. The number of amides is 1. The SMILES string of the molecule is CC1CCC(NCC(=O)Nc2c(F)cccc2F)CC1C. The van der Waals surface area contributed by atoms with Crippen molar-refractivity contribution in [3.05, 3.63) is 29.8 Å². The summed E-state index contributed by atoms with van der Waals surface area (Å²) < 4.78 is 26.8. The first-order chi connectivity index (χ1) is 9.97. The summed E-state index contributed by atoms with van der Waals surface area (Å²) in [5, 5.41) is 5.46. The molecule has 2 rings (SSSR count). The second kappa shape index (κ2) is 6.98. The van der Waals surface area contributed by atoms with E-state index in [1.165, 1.54) is 6.07 Å². The molecule has 0 saturated heterocycles. The zero-order chi connectivity index (χ0) is 15.4. The van der Waals surface area contributed by atoms with Crippen molar-refractivity contribution < 1.29 is 13.6 Å². The number of hydrogen-bond acceptors (Lipinski definition) is 2. The van der Waals surface area contributed by atoms with Gasteiger partial charge in [-0.15, -0.1) is 0 Å². The van der Waals surface area contributed by atoms with Crippen LogP contribution in [-0.2, 0) is 4.79 Å². The average molecular weight is 296 g/mol. The van der Waals surface area contributed by atoms with Crippen LogP contribution >= 0.6 is 0 Å². The molecular formula is C16H22F2N2O. The summed E-state index contributed by atoms with van der Waals surface area (Å²) in [4.78, 5) is 11.8. The van der Waals surface area contributed by atoms with Crippen LogP contribution in [0.15, 0.2) is 18.2 Å². The van der Waals surface area contributed by atoms with Crippen LogP contribution in [0.1, 0.15) is 33.1 Å². The Morgan fingerprint density at radius 1 is 1.19 bits per heavy atom. The summed E-state index contributed by atoms with van der Waals surface area (Å²) in [6.07, 6.45) is 3.21. The van der Waals surface area contributed by atoms with Gasteiger partial charge in [0.05, 0.1) is 6.54 Å². The van der Waals surface area contributed by atoms with Gasteiger partial charge in [0.1, 0.15) is 17.3 Å². The first kappa shape index (κ1) is 15.9. The Balaban J connectivity index is 1.83. The van der Waals surface area contributed by atoms with Crippen LogP contribution in [-0.4, -0.2) is 18.5 Å². The molecule has 1 aromatic carbocycles. The number of carbonyl (C=O) groups is 1. The predicted molar refractivity (Wildman–Crippen MR) is 79.0 cm³/mol. The van der Waals surface area contributed by atoms with Crippen LogP contribution in [0.2, 0.25) is 0 Å². The maximum absolute atomic E-state index is 13.4. The van der Waals surface area contributed by atoms with Crippen LogP contribution in [0.25, 0.3) is 0 Å². The van der Waals surface area contributed by atoms with Gasteiger partial charge in [-0.2, -0.15) is 0 Å². The Hall–Kier alpha value is -1.49. The Bertz CT molecular complexity index is 487. The van der Waals surface area contributed by atoms with Crippen molar-refractivity contribution in [2.75, 3.05) is 11.9 Å². The molecule has 1 amide bonds. The molecule has 21 heavy (non-hydrogen) atoms. The number of benzene rings is 1. The van der Waals surface area contributed by atoms with Gasteiger partial charge in [0.2, 0.25) is 5.91 Å². The van der Waals surface area contributed by atoms with Gasteiger partial charge in [0.25, 0.3) is 0 Å². The van der Waals surface area contributed by atoms with Crippen molar-refractivity contribution in [2.24, 2.45) is 11.8 Å². The Labute approximate surface area is 124 Å². The molecule has 1 saturated carbocycles. The van der Waals surface area contributed by atoms with Crippen LogP contribution in [0.5, 0.6) is 0 Å². The molecule has 0 spiro atoms. The van der Waals surface area contributed by atoms with E-state index in [9.17, 15) is 13.6 Å². The first-order valence-corrected chi connectivity index (χ1v) is 7.44. The number of para-hydroxylation sites is 1. The number of carbonyl (C=O) groups excluding carboxylic acids is 1. The second-order valence-corrected chi connectivity index (χ2v) is 5.99. The van der Waals surface area contributed by atoms with Crippen LogP contribution < -0.4 is 10.6 Å². The van der Waals surface area contributed by atoms with Crippen molar-refractivity contribution in [3.63, 3.8) is 0 Å². The molecule has 0 aromatic heterocycles. The molecule has 5 heteroatoms. The molecule has 116 valence electrons. The monoisotopic (exact) mass is 296 g/mol. The van der Waals surface area contributed by atoms with Gasteiger partial charge in [-0.1, -0.05) is 19.9 Å². The lowest BCUT2D eigenvalue weighted by molar-refractivity contribution is -0.115. The highest BCUT2D eigenvalue weighted by Crippen LogP contribution is 2.29. The van der Waals surface area contributed by atoms with Gasteiger partial charge in [0.15, 0.2) is 0 Å². The van der Waals surface area contributed by atoms with Gasteiger partial charge < -0.3 is 10.6 Å². The maximum Gasteiger partial charge on any atom is 0.238 e. The molecule has 3 unspecified atom stereocenters. The maximum atomic E-state index is 13.4. The average Bonchev–Trinajstić information content (AvgIpc) is 2.44. The van der Waals surface area contributed by atoms with Gasteiger partial charge in [-0.3, -0.25) is 4.79 Å². The molecule has 0 bridgehead atoms. The van der Waals surface area contributed by atoms with Crippen molar-refractivity contribution in [3.8, 4) is 0 Å². The van der Waals surface area contributed by atoms with Crippen LogP contribution in [0, 0.1) is 23.5 Å². The summed E-state index contributed by atoms with van der Waals surface area (Å²) in [5.41, 5.74) is -0.380. The van der Waals surface area contributed by atoms with E-state index in [0.717, 1.165) is 31.4 Å². The smallest absolute Gasteiger partial charge is 0.238 e. The summed E-state index contributed by atoms with van der Waals surface area (Å²) in [6.45, 7) is 4.53. The van der Waals surface area contributed by atoms with E-state index >= 15 is 0 Å². The lowest BCUT2D eigenvalue weighted by Crippen LogP contribution is -2.40. The van der Waals surface area contributed by atoms with Gasteiger partial charge in [0, 0.05) is 6.04 Å². The lowest BCUT2D eigenvalue weighted by Gasteiger charge is -2.32. The van der Waals surface area contributed by atoms with E-state index < -0.39 is 17.5 Å². The van der Waals surface area contributed by atoms with E-state index in [4.69, 9.17) is 0 Å². The molecular weight excluding hydrogens is 274 g/mol. The fraction of sp³-hybridized carbons (Fsp3) is 0.562. The summed E-state index contributed by atoms with van der Waals surface area (Å²) in [7, 11) is 0. The van der Waals surface area contributed by atoms with E-state index in [0.29, 0.717) is 17.9 Å². The molecule has 1 aliphatic carbocycles. The standard InChI is InChI=1S/C16H22F2N2O/c1-10-6-7-12(8-11(10)2)19-9-15(21)20-16-13(17)4-3-5-14(16)18/h3-5,10-12,19H,6-9H2,1-2H3,(H,20,21). The molecule has 0 radical (unpaired) electrons. The van der Waals surface area contributed by atoms with E-state index in [1.807, 2.05) is 0 Å². The molecule has 2 N–H and O–H groups in total. The Kier molecular flexibility index (Phi) is 5.28. The van der Waals surface area contributed by atoms with Crippen molar-refractivity contribution in [2.45, 2.75) is 39.2 Å². The quantitative estimate of drug-likeness (QED) is 0.895. The Morgan fingerprint density at radius 2 is 1.86 bits per heavy atom. The zero-order valence-electron chi connectivity index (χ0n) is 12.5. The van der Waals surface area contributed by atoms with Crippen molar-refractivity contribution in [1.82, 2.24) is 5.32 Å². The molecule has 3 nitrogen and oxygen atoms in total. The number of anilines is 1. The number of nitrogens with one attached hydrogen (secondary N) is 2. The highest BCUT2D eigenvalue weighted by Gasteiger charge is 2.24. The molecule has 0 aliphatic heterocycles. The topological polar surface area (TPSA) is 41.1 Å². The third-order valence-electron chi connectivity index (χ3n) is 4.38.